The van der Waals surface area contributed by atoms with Crippen LogP contribution in [0.15, 0.2) is 59.1 Å². The molecule has 1 aliphatic heterocycles. The summed E-state index contributed by atoms with van der Waals surface area (Å²) in [6, 6.07) is 7.83. The number of aliphatic carboxylic acids is 1. The zero-order valence-corrected chi connectivity index (χ0v) is 20.1. The van der Waals surface area contributed by atoms with E-state index in [4.69, 9.17) is 27.9 Å². The molecule has 3 N–H and O–H groups in total. The summed E-state index contributed by atoms with van der Waals surface area (Å²) in [6.45, 7) is 1.99. The van der Waals surface area contributed by atoms with E-state index in [0.29, 0.717) is 12.0 Å². The Kier molecular flexibility index (Phi) is 10.4. The predicted octanol–water partition coefficient (Wildman–Crippen LogP) is 2.87. The number of aliphatic hydroxyl groups is 1. The number of hydrogen-bond acceptors (Lipinski definition) is 7. The van der Waals surface area contributed by atoms with E-state index in [0.717, 1.165) is 11.6 Å². The summed E-state index contributed by atoms with van der Waals surface area (Å²) < 4.78 is 3.12. The molecule has 178 valence electrons. The van der Waals surface area contributed by atoms with Gasteiger partial charge in [-0.15, -0.1) is 11.8 Å². The van der Waals surface area contributed by atoms with Crippen LogP contribution >= 0.6 is 35.0 Å². The van der Waals surface area contributed by atoms with Crippen molar-refractivity contribution in [1.29, 1.82) is 0 Å². The molecular weight excluding hydrogens is 491 g/mol. The Labute approximate surface area is 205 Å². The van der Waals surface area contributed by atoms with E-state index in [1.165, 1.54) is 23.9 Å². The molecule has 1 heterocycles. The molecule has 2 rings (SSSR count). The summed E-state index contributed by atoms with van der Waals surface area (Å²) in [5, 5.41) is 20.7. The lowest BCUT2D eigenvalue weighted by atomic mass is 10.1. The first-order valence-electron chi connectivity index (χ1n) is 10.0. The highest BCUT2D eigenvalue weighted by atomic mass is 35.5. The van der Waals surface area contributed by atoms with Gasteiger partial charge in [0, 0.05) is 5.75 Å². The summed E-state index contributed by atoms with van der Waals surface area (Å²) >= 11 is 12.1. The van der Waals surface area contributed by atoms with Gasteiger partial charge >= 0.3 is 11.9 Å². The number of carbonyl (C=O) groups excluding carboxylic acids is 2. The molecule has 1 amide bonds. The number of nitrogens with one attached hydrogen (secondary N) is 1. The predicted molar refractivity (Wildman–Crippen MR) is 129 cm³/mol. The van der Waals surface area contributed by atoms with Gasteiger partial charge in [0.15, 0.2) is 6.04 Å². The molecule has 0 saturated heterocycles. The standard InChI is InChI=1S/C22H24Cl2N2O6S/c1-2-11-32-21(30)18(25-16(27)12-14-7-4-3-5-8-14)19-26-17(20(28)29)15(13-33-19)9-6-10-22(23,24)31/h3-10,18-19,31H,2,11-13H2,1H3,(H,25,27)(H,28,29)/b10-6+,15-9+. The van der Waals surface area contributed by atoms with Gasteiger partial charge in [-0.2, -0.15) is 0 Å². The highest BCUT2D eigenvalue weighted by molar-refractivity contribution is 8.00. The smallest absolute Gasteiger partial charge is 0.354 e. The average molecular weight is 515 g/mol. The molecule has 2 unspecified atom stereocenters. The maximum Gasteiger partial charge on any atom is 0.354 e. The molecule has 11 heteroatoms. The Morgan fingerprint density at radius 1 is 1.33 bits per heavy atom. The van der Waals surface area contributed by atoms with Crippen molar-refractivity contribution >= 4 is 58.5 Å². The molecule has 1 aliphatic rings. The van der Waals surface area contributed by atoms with Crippen molar-refractivity contribution in [2.75, 3.05) is 12.4 Å². The van der Waals surface area contributed by atoms with E-state index in [1.807, 2.05) is 13.0 Å². The number of alkyl halides is 2. The summed E-state index contributed by atoms with van der Waals surface area (Å²) in [5.41, 5.74) is 0.813. The Morgan fingerprint density at radius 3 is 2.64 bits per heavy atom. The number of allylic oxidation sites excluding steroid dienone is 2. The highest BCUT2D eigenvalue weighted by Gasteiger charge is 2.36. The van der Waals surface area contributed by atoms with Crippen LogP contribution in [0.25, 0.3) is 0 Å². The van der Waals surface area contributed by atoms with Gasteiger partial charge in [-0.1, -0.05) is 72.6 Å². The molecule has 1 aromatic carbocycles. The number of hydrogen-bond donors (Lipinski definition) is 3. The molecule has 0 aliphatic carbocycles. The van der Waals surface area contributed by atoms with Gasteiger partial charge in [0.2, 0.25) is 10.4 Å². The van der Waals surface area contributed by atoms with Crippen LogP contribution in [-0.4, -0.2) is 62.1 Å². The fourth-order valence-corrected chi connectivity index (χ4v) is 4.09. The topological polar surface area (TPSA) is 125 Å². The van der Waals surface area contributed by atoms with Crippen LogP contribution < -0.4 is 5.32 Å². The number of nitrogens with zero attached hydrogens (tertiary/aromatic N) is 1. The normalized spacial score (nSPS) is 18.6. The first-order valence-corrected chi connectivity index (χ1v) is 11.8. The molecule has 1 aromatic rings. The third-order valence-electron chi connectivity index (χ3n) is 4.28. The molecule has 0 saturated carbocycles. The van der Waals surface area contributed by atoms with Gasteiger partial charge in [0.1, 0.15) is 11.1 Å². The lowest BCUT2D eigenvalue weighted by Crippen LogP contribution is -2.49. The summed E-state index contributed by atoms with van der Waals surface area (Å²) in [7, 11) is 0. The highest BCUT2D eigenvalue weighted by Crippen LogP contribution is 2.28. The fraction of sp³-hybridized carbons (Fsp3) is 0.364. The van der Waals surface area contributed by atoms with Gasteiger partial charge in [0.25, 0.3) is 0 Å². The van der Waals surface area contributed by atoms with Crippen molar-refractivity contribution in [2.24, 2.45) is 4.99 Å². The van der Waals surface area contributed by atoms with Crippen molar-refractivity contribution in [2.45, 2.75) is 35.7 Å². The molecular formula is C22H24Cl2N2O6S. The average Bonchev–Trinajstić information content (AvgIpc) is 2.75. The van der Waals surface area contributed by atoms with E-state index in [9.17, 15) is 24.6 Å². The monoisotopic (exact) mass is 514 g/mol. The number of carboxylic acids is 1. The summed E-state index contributed by atoms with van der Waals surface area (Å²) in [5.74, 6) is -2.23. The number of halogens is 2. The van der Waals surface area contributed by atoms with Gasteiger partial charge in [-0.25, -0.2) is 9.59 Å². The van der Waals surface area contributed by atoms with Crippen LogP contribution in [0.4, 0.5) is 0 Å². The summed E-state index contributed by atoms with van der Waals surface area (Å²) in [4.78, 5) is 41.3. The van der Waals surface area contributed by atoms with E-state index in [2.05, 4.69) is 10.3 Å². The molecule has 0 radical (unpaired) electrons. The van der Waals surface area contributed by atoms with Gasteiger partial charge in [-0.05, 0) is 23.6 Å². The van der Waals surface area contributed by atoms with Crippen molar-refractivity contribution in [3.8, 4) is 0 Å². The lowest BCUT2D eigenvalue weighted by molar-refractivity contribution is -0.147. The molecule has 2 atom stereocenters. The minimum Gasteiger partial charge on any atom is -0.477 e. The molecule has 33 heavy (non-hydrogen) atoms. The Hall–Kier alpha value is -2.33. The Morgan fingerprint density at radius 2 is 2.03 bits per heavy atom. The van der Waals surface area contributed by atoms with Crippen LogP contribution in [0.2, 0.25) is 0 Å². The molecule has 0 spiro atoms. The zero-order chi connectivity index (χ0) is 24.4. The second kappa shape index (κ2) is 12.8. The SMILES string of the molecule is CCCOC(=O)C(NC(=O)Cc1ccccc1)C1N=C(C(=O)O)/C(=C/C=C/C(O)(Cl)Cl)CS1. The van der Waals surface area contributed by atoms with Gasteiger partial charge < -0.3 is 20.3 Å². The largest absolute Gasteiger partial charge is 0.477 e. The van der Waals surface area contributed by atoms with Crippen molar-refractivity contribution < 1.29 is 29.3 Å². The molecule has 0 bridgehead atoms. The van der Waals surface area contributed by atoms with E-state index >= 15 is 0 Å². The number of carbonyl (C=O) groups is 3. The van der Waals surface area contributed by atoms with E-state index < -0.39 is 33.8 Å². The summed E-state index contributed by atoms with van der Waals surface area (Å²) in [6.07, 6.45) is 4.41. The van der Waals surface area contributed by atoms with Crippen molar-refractivity contribution in [1.82, 2.24) is 5.32 Å². The van der Waals surface area contributed by atoms with Gasteiger partial charge in [0.05, 0.1) is 13.0 Å². The Bertz CT molecular complexity index is 944. The number of ether oxygens (including phenoxy) is 1. The van der Waals surface area contributed by atoms with E-state index in [-0.39, 0.29) is 24.5 Å². The molecule has 0 fully saturated rings. The minimum atomic E-state index is -2.10. The van der Waals surface area contributed by atoms with Crippen LogP contribution in [0.3, 0.4) is 0 Å². The second-order valence-corrected chi connectivity index (χ2v) is 9.45. The first kappa shape index (κ1) is 26.9. The van der Waals surface area contributed by atoms with Crippen molar-refractivity contribution in [3.05, 3.63) is 59.7 Å². The van der Waals surface area contributed by atoms with Crippen LogP contribution in [0, 0.1) is 0 Å². The number of amides is 1. The third kappa shape index (κ3) is 9.21. The van der Waals surface area contributed by atoms with Crippen LogP contribution in [0.5, 0.6) is 0 Å². The second-order valence-electron chi connectivity index (χ2n) is 7.00. The third-order valence-corrected chi connectivity index (χ3v) is 5.73. The minimum absolute atomic E-state index is 0.0427. The molecule has 8 nitrogen and oxygen atoms in total. The number of esters is 1. The quantitative estimate of drug-likeness (QED) is 0.323. The number of aliphatic imine (C=N–C) groups is 1. The number of rotatable bonds is 10. The van der Waals surface area contributed by atoms with E-state index in [1.54, 1.807) is 24.3 Å². The number of carboxylic acid groups (broad SMARTS) is 1. The lowest BCUT2D eigenvalue weighted by Gasteiger charge is -2.27. The first-order chi connectivity index (χ1) is 15.6. The maximum atomic E-state index is 12.7. The Balaban J connectivity index is 2.26. The maximum absolute atomic E-state index is 12.7. The number of thioether (sulfide) groups is 1. The van der Waals surface area contributed by atoms with Crippen molar-refractivity contribution in [3.63, 3.8) is 0 Å². The van der Waals surface area contributed by atoms with Crippen LogP contribution in [-0.2, 0) is 25.5 Å². The fourth-order valence-electron chi connectivity index (χ4n) is 2.81. The van der Waals surface area contributed by atoms with Crippen LogP contribution in [0.1, 0.15) is 18.9 Å². The molecule has 0 aromatic heterocycles. The zero-order valence-electron chi connectivity index (χ0n) is 17.7. The number of benzene rings is 1. The van der Waals surface area contributed by atoms with Gasteiger partial charge in [-0.3, -0.25) is 9.79 Å².